The first kappa shape index (κ1) is 39.1. The molecule has 28 heteroatoms. The van der Waals surface area contributed by atoms with E-state index in [4.69, 9.17) is 0 Å². The van der Waals surface area contributed by atoms with Gasteiger partial charge in [-0.3, -0.25) is 60.7 Å². The van der Waals surface area contributed by atoms with Crippen molar-refractivity contribution >= 4 is 36.0 Å². The minimum Gasteiger partial charge on any atom is -0.323 e. The average Bonchev–Trinajstić information content (AvgIpc) is 3.84. The molecule has 0 N–H and O–H groups in total. The summed E-state index contributed by atoms with van der Waals surface area (Å²) in [4.78, 5) is 54.4. The molecule has 284 valence electrons. The maximum absolute atomic E-state index is 11.0. The highest BCUT2D eigenvalue weighted by atomic mass is 31.2. The van der Waals surface area contributed by atoms with Gasteiger partial charge in [0.2, 0.25) is 7.55 Å². The molecule has 0 bridgehead atoms. The van der Waals surface area contributed by atoms with Crippen LogP contribution in [-0.2, 0) is 11.6 Å². The Balaban J connectivity index is 0.000000218. The van der Waals surface area contributed by atoms with Gasteiger partial charge in [-0.15, -0.1) is 0 Å². The normalized spacial score (nSPS) is 11.4. The van der Waals surface area contributed by atoms with Gasteiger partial charge in [0.25, 0.3) is 0 Å². The van der Waals surface area contributed by atoms with Gasteiger partial charge in [-0.05, 0) is 48.5 Å². The number of hydrogen-bond acceptors (Lipinski definition) is 18. The van der Waals surface area contributed by atoms with Crippen LogP contribution in [-0.4, -0.2) is 77.3 Å². The molecule has 0 saturated heterocycles. The van der Waals surface area contributed by atoms with Crippen molar-refractivity contribution in [3.63, 3.8) is 0 Å². The van der Waals surface area contributed by atoms with E-state index < -0.39 is 67.6 Å². The third-order valence-corrected chi connectivity index (χ3v) is 12.4. The number of tetrazole rings is 2. The SMILES string of the molecule is O=[N+]([O-])C(c1nnn([BH2-]n2nnc(C([N+](=O)[O-])([N+](=O)[O-])[N+](=O)[O-])n2)n1)([N+](=O)[O-])[N+](=O)[O-].c1ccc([P+](c2ccccc2)(c2ccccc2)c2ccccc2)cc1. The molecule has 0 amide bonds. The van der Waals surface area contributed by atoms with E-state index in [-0.39, 0.29) is 9.42 Å². The zero-order chi connectivity index (χ0) is 40.7. The third-order valence-electron chi connectivity index (χ3n) is 8.08. The maximum Gasteiger partial charge on any atom is 0.766 e. The van der Waals surface area contributed by atoms with E-state index in [1.807, 2.05) is 0 Å². The smallest absolute Gasteiger partial charge is 0.323 e. The van der Waals surface area contributed by atoms with Gasteiger partial charge in [0.15, 0.2) is 29.5 Å². The molecule has 0 unspecified atom stereocenters. The van der Waals surface area contributed by atoms with E-state index >= 15 is 0 Å². The predicted molar refractivity (Wildman–Crippen MR) is 192 cm³/mol. The molecule has 6 aromatic rings. The van der Waals surface area contributed by atoms with Crippen molar-refractivity contribution in [2.45, 2.75) is 11.6 Å². The fraction of sp³-hybridized carbons (Fsp3) is 0.0714. The molecule has 0 aliphatic carbocycles. The van der Waals surface area contributed by atoms with Gasteiger partial charge in [-0.25, -0.2) is 0 Å². The van der Waals surface area contributed by atoms with Crippen molar-refractivity contribution < 1.29 is 29.5 Å². The molecule has 0 aliphatic rings. The molecule has 0 saturated carbocycles. The van der Waals surface area contributed by atoms with Crippen molar-refractivity contribution in [1.29, 1.82) is 0 Å². The second-order valence-electron chi connectivity index (χ2n) is 11.2. The van der Waals surface area contributed by atoms with Gasteiger partial charge < -0.3 is 9.42 Å². The first-order valence-corrected chi connectivity index (χ1v) is 17.3. The molecule has 2 aromatic heterocycles. The highest BCUT2D eigenvalue weighted by molar-refractivity contribution is 8.01. The molecule has 0 aliphatic heterocycles. The minimum atomic E-state index is -4.22. The summed E-state index contributed by atoms with van der Waals surface area (Å²) < 4.78 is 0.580. The minimum absolute atomic E-state index is 0.290. The Labute approximate surface area is 310 Å². The number of rotatable bonds is 14. The lowest BCUT2D eigenvalue weighted by atomic mass is 10.2. The molecule has 56 heavy (non-hydrogen) atoms. The second-order valence-corrected chi connectivity index (χ2v) is 14.6. The number of benzene rings is 4. The van der Waals surface area contributed by atoms with E-state index in [9.17, 15) is 60.7 Å². The van der Waals surface area contributed by atoms with Crippen molar-refractivity contribution in [3.8, 4) is 0 Å². The van der Waals surface area contributed by atoms with Crippen molar-refractivity contribution in [2.75, 3.05) is 0 Å². The fourth-order valence-electron chi connectivity index (χ4n) is 5.56. The van der Waals surface area contributed by atoms with Crippen LogP contribution in [0.3, 0.4) is 0 Å². The summed E-state index contributed by atoms with van der Waals surface area (Å²) >= 11 is 0. The van der Waals surface area contributed by atoms with Crippen LogP contribution in [0.2, 0.25) is 0 Å². The Morgan fingerprint density at radius 3 is 0.875 bits per heavy atom. The van der Waals surface area contributed by atoms with Gasteiger partial charge >= 0.3 is 23.2 Å². The van der Waals surface area contributed by atoms with Gasteiger partial charge in [0.05, 0.1) is 0 Å². The van der Waals surface area contributed by atoms with Gasteiger partial charge in [0, 0.05) is 0 Å². The lowest BCUT2D eigenvalue weighted by molar-refractivity contribution is -0.987. The Kier molecular flexibility index (Phi) is 11.1. The van der Waals surface area contributed by atoms with E-state index in [0.29, 0.717) is 0 Å². The van der Waals surface area contributed by atoms with Crippen LogP contribution in [0.1, 0.15) is 11.6 Å². The zero-order valence-corrected chi connectivity index (χ0v) is 29.0. The van der Waals surface area contributed by atoms with E-state index in [1.54, 1.807) is 0 Å². The highest BCUT2D eigenvalue weighted by Crippen LogP contribution is 2.54. The summed E-state index contributed by atoms with van der Waals surface area (Å²) in [6.07, 6.45) is 0. The van der Waals surface area contributed by atoms with Gasteiger partial charge in [0.1, 0.15) is 28.5 Å². The quantitative estimate of drug-likeness (QED) is 0.0430. The van der Waals surface area contributed by atoms with Gasteiger partial charge in [-0.2, -0.15) is 10.2 Å². The Hall–Kier alpha value is -8.09. The molecule has 26 nitrogen and oxygen atoms in total. The zero-order valence-electron chi connectivity index (χ0n) is 28.2. The van der Waals surface area contributed by atoms with Crippen LogP contribution in [0.4, 0.5) is 0 Å². The molecule has 0 radical (unpaired) electrons. The number of nitrogens with zero attached hydrogens (tertiary/aromatic N) is 14. The molecule has 0 atom stereocenters. The first-order valence-electron chi connectivity index (χ1n) is 15.6. The number of hydrogen-bond donors (Lipinski definition) is 0. The fourth-order valence-corrected chi connectivity index (χ4v) is 9.82. The summed E-state index contributed by atoms with van der Waals surface area (Å²) in [6, 6.07) is 43.8. The highest BCUT2D eigenvalue weighted by Gasteiger charge is 2.78. The summed E-state index contributed by atoms with van der Waals surface area (Å²) in [6.45, 7) is 0. The molecule has 0 spiro atoms. The van der Waals surface area contributed by atoms with Crippen LogP contribution in [0, 0.1) is 60.7 Å². The van der Waals surface area contributed by atoms with Gasteiger partial charge in [-0.1, -0.05) is 93.4 Å². The molecule has 4 aromatic carbocycles. The largest absolute Gasteiger partial charge is 0.766 e. The summed E-state index contributed by atoms with van der Waals surface area (Å²) in [5.41, 5.74) is 0. The van der Waals surface area contributed by atoms with Crippen LogP contribution in [0.5, 0.6) is 0 Å². The molecular weight excluding hydrogens is 766 g/mol. The lowest BCUT2D eigenvalue weighted by Gasteiger charge is -2.27. The number of aromatic nitrogens is 8. The van der Waals surface area contributed by atoms with E-state index in [0.717, 1.165) is 0 Å². The van der Waals surface area contributed by atoms with Crippen LogP contribution in [0.15, 0.2) is 121 Å². The number of nitro groups is 6. The van der Waals surface area contributed by atoms with Crippen LogP contribution < -0.4 is 21.2 Å². The van der Waals surface area contributed by atoms with Crippen molar-refractivity contribution in [3.05, 3.63) is 194 Å². The van der Waals surface area contributed by atoms with E-state index in [2.05, 4.69) is 152 Å². The predicted octanol–water partition coefficient (Wildman–Crippen LogP) is -0.758. The Morgan fingerprint density at radius 1 is 0.429 bits per heavy atom. The molecule has 2 heterocycles. The maximum atomic E-state index is 11.0. The summed E-state index contributed by atoms with van der Waals surface area (Å²) in [5.74, 6) is -11.6. The third kappa shape index (κ3) is 6.66. The summed E-state index contributed by atoms with van der Waals surface area (Å²) in [5, 5.41) is 89.5. The summed E-state index contributed by atoms with van der Waals surface area (Å²) in [7, 11) is -4.28. The second kappa shape index (κ2) is 15.9. The molecular formula is C28H22BN14O12P. The first-order chi connectivity index (χ1) is 26.7. The van der Waals surface area contributed by atoms with Crippen molar-refractivity contribution in [1.82, 2.24) is 40.2 Å². The molecule has 0 fully saturated rings. The molecule has 6 rings (SSSR count). The van der Waals surface area contributed by atoms with Crippen LogP contribution >= 0.6 is 7.26 Å². The van der Waals surface area contributed by atoms with Crippen molar-refractivity contribution in [2.24, 2.45) is 0 Å². The monoisotopic (exact) mass is 788 g/mol. The Bertz CT molecular complexity index is 2090. The Morgan fingerprint density at radius 2 is 0.661 bits per heavy atom. The van der Waals surface area contributed by atoms with Crippen LogP contribution in [0.25, 0.3) is 0 Å². The lowest BCUT2D eigenvalue weighted by Crippen LogP contribution is -2.51. The average molecular weight is 788 g/mol. The van der Waals surface area contributed by atoms with E-state index in [1.165, 1.54) is 21.2 Å². The standard InChI is InChI=1S/C24H20P.C4H2BN14O12/c1-5-13-21(14-6-1)25(22-15-7-2-8-16-22,23-17-9-3-10-18-23)24-19-11-4-12-20-24;20-12(21)3(13(22)23,14(24)25)1-6-10-18(8-1)5-19-9-2(7-11-19)4(15(26)27,16(28)29)17(30)31/h1-20H;5H2/q+1;-1. The topological polar surface area (TPSA) is 346 Å².